The summed E-state index contributed by atoms with van der Waals surface area (Å²) in [5.41, 5.74) is 19.3. The van der Waals surface area contributed by atoms with E-state index in [1.165, 1.54) is 16.7 Å². The predicted molar refractivity (Wildman–Crippen MR) is 204 cm³/mol. The zero-order valence-corrected chi connectivity index (χ0v) is 26.4. The standard InChI is InChI=1S/C45H28N2O2/c46-36-18-9-24-5-7-26-11-20-38(33-15-13-31(36)41(24)43(26)33)48-40-22-17-30-29-4-2-1-3-28(29)23-35(30)45(40)49-39-21-12-27-8-6-25-10-19-37(47)32-14-16-34(39)44(27)42(25)32/h1-22H,23,46-47H2. The molecular weight excluding hydrogens is 601 g/mol. The van der Waals surface area contributed by atoms with Crippen molar-refractivity contribution in [2.24, 2.45) is 0 Å². The fourth-order valence-corrected chi connectivity index (χ4v) is 8.35. The van der Waals surface area contributed by atoms with E-state index in [4.69, 9.17) is 20.9 Å². The van der Waals surface area contributed by atoms with Crippen LogP contribution in [0.4, 0.5) is 11.4 Å². The Balaban J connectivity index is 1.12. The Kier molecular flexibility index (Phi) is 5.16. The van der Waals surface area contributed by atoms with E-state index < -0.39 is 0 Å². The molecule has 0 spiro atoms. The lowest BCUT2D eigenvalue weighted by Crippen LogP contribution is -1.97. The van der Waals surface area contributed by atoms with Gasteiger partial charge in [-0.1, -0.05) is 91.0 Å². The lowest BCUT2D eigenvalue weighted by atomic mass is 9.93. The van der Waals surface area contributed by atoms with Gasteiger partial charge in [-0.05, 0) is 91.5 Å². The van der Waals surface area contributed by atoms with E-state index in [1.54, 1.807) is 0 Å². The number of fused-ring (bicyclic) bond motifs is 3. The summed E-state index contributed by atoms with van der Waals surface area (Å²) < 4.78 is 14.1. The van der Waals surface area contributed by atoms with Gasteiger partial charge in [0.1, 0.15) is 11.5 Å². The average Bonchev–Trinajstić information content (AvgIpc) is 3.52. The van der Waals surface area contributed by atoms with Crippen molar-refractivity contribution in [3.05, 3.63) is 145 Å². The highest BCUT2D eigenvalue weighted by atomic mass is 16.5. The summed E-state index contributed by atoms with van der Waals surface area (Å²) in [5, 5.41) is 13.5. The number of anilines is 2. The molecule has 4 heteroatoms. The van der Waals surface area contributed by atoms with Crippen LogP contribution in [0.3, 0.4) is 0 Å². The topological polar surface area (TPSA) is 70.5 Å². The van der Waals surface area contributed by atoms with Gasteiger partial charge in [-0.15, -0.1) is 0 Å². The fraction of sp³-hybridized carbons (Fsp3) is 0.0222. The molecule has 0 amide bonds. The number of nitrogen functional groups attached to an aromatic ring is 2. The van der Waals surface area contributed by atoms with Crippen LogP contribution >= 0.6 is 0 Å². The van der Waals surface area contributed by atoms with Crippen LogP contribution in [0.5, 0.6) is 23.0 Å². The summed E-state index contributed by atoms with van der Waals surface area (Å²) in [6.07, 6.45) is 0.762. The van der Waals surface area contributed by atoms with E-state index in [9.17, 15) is 0 Å². The zero-order valence-electron chi connectivity index (χ0n) is 26.4. The van der Waals surface area contributed by atoms with Gasteiger partial charge in [-0.25, -0.2) is 0 Å². The van der Waals surface area contributed by atoms with E-state index in [-0.39, 0.29) is 0 Å². The first-order chi connectivity index (χ1) is 24.1. The second-order valence-corrected chi connectivity index (χ2v) is 13.2. The van der Waals surface area contributed by atoms with Gasteiger partial charge >= 0.3 is 0 Å². The van der Waals surface area contributed by atoms with Gasteiger partial charge in [0.05, 0.1) is 0 Å². The number of nitrogens with two attached hydrogens (primary N) is 2. The van der Waals surface area contributed by atoms with Gasteiger partial charge in [0, 0.05) is 55.7 Å². The molecule has 0 saturated carbocycles. The van der Waals surface area contributed by atoms with Crippen LogP contribution in [-0.2, 0) is 6.42 Å². The molecule has 4 N–H and O–H groups in total. The molecule has 230 valence electrons. The van der Waals surface area contributed by atoms with Crippen LogP contribution in [0.1, 0.15) is 11.1 Å². The Labute approximate surface area is 281 Å². The van der Waals surface area contributed by atoms with E-state index in [0.29, 0.717) is 5.75 Å². The van der Waals surface area contributed by atoms with Gasteiger partial charge in [0.15, 0.2) is 11.5 Å². The molecule has 10 aromatic carbocycles. The van der Waals surface area contributed by atoms with E-state index in [0.717, 1.165) is 105 Å². The largest absolute Gasteiger partial charge is 0.453 e. The number of hydrogen-bond donors (Lipinski definition) is 2. The van der Waals surface area contributed by atoms with Crippen molar-refractivity contribution in [2.75, 3.05) is 11.5 Å². The molecular formula is C45H28N2O2. The van der Waals surface area contributed by atoms with Crippen LogP contribution in [-0.4, -0.2) is 0 Å². The minimum Gasteiger partial charge on any atom is -0.453 e. The van der Waals surface area contributed by atoms with Crippen LogP contribution in [0.25, 0.3) is 75.8 Å². The second kappa shape index (κ2) is 9.52. The summed E-state index contributed by atoms with van der Waals surface area (Å²) in [6, 6.07) is 46.6. The summed E-state index contributed by atoms with van der Waals surface area (Å²) >= 11 is 0. The minimum atomic E-state index is 0.677. The molecule has 0 unspecified atom stereocenters. The van der Waals surface area contributed by atoms with Gasteiger partial charge in [-0.2, -0.15) is 0 Å². The van der Waals surface area contributed by atoms with Crippen LogP contribution in [0.2, 0.25) is 0 Å². The van der Waals surface area contributed by atoms with Crippen molar-refractivity contribution in [1.29, 1.82) is 0 Å². The number of ether oxygens (including phenoxy) is 2. The Morgan fingerprint density at radius 2 is 0.857 bits per heavy atom. The second-order valence-electron chi connectivity index (χ2n) is 13.2. The highest BCUT2D eigenvalue weighted by Gasteiger charge is 2.27. The SMILES string of the molecule is Nc1ccc2ccc3ccc(Oc4ccc5c(c4Oc4ccc6ccc7ccc(N)c8ccc4c6c78)Cc4ccccc4-5)c4ccc1c2c34. The van der Waals surface area contributed by atoms with Crippen molar-refractivity contribution in [3.63, 3.8) is 0 Å². The van der Waals surface area contributed by atoms with Gasteiger partial charge in [-0.3, -0.25) is 0 Å². The Hall–Kier alpha value is -6.52. The lowest BCUT2D eigenvalue weighted by Gasteiger charge is -2.20. The third-order valence-corrected chi connectivity index (χ3v) is 10.6. The van der Waals surface area contributed by atoms with Crippen molar-refractivity contribution in [1.82, 2.24) is 0 Å². The molecule has 11 rings (SSSR count). The van der Waals surface area contributed by atoms with Gasteiger partial charge in [0.2, 0.25) is 0 Å². The van der Waals surface area contributed by atoms with E-state index >= 15 is 0 Å². The normalized spacial score (nSPS) is 12.6. The quantitative estimate of drug-likeness (QED) is 0.150. The highest BCUT2D eigenvalue weighted by molar-refractivity contribution is 6.27. The third-order valence-electron chi connectivity index (χ3n) is 10.6. The first kappa shape index (κ1) is 26.5. The monoisotopic (exact) mass is 628 g/mol. The van der Waals surface area contributed by atoms with Gasteiger partial charge in [0.25, 0.3) is 0 Å². The molecule has 49 heavy (non-hydrogen) atoms. The molecule has 1 aliphatic carbocycles. The molecule has 0 radical (unpaired) electrons. The van der Waals surface area contributed by atoms with E-state index in [1.807, 2.05) is 12.1 Å². The number of benzene rings is 10. The van der Waals surface area contributed by atoms with Crippen molar-refractivity contribution >= 4 is 76.0 Å². The smallest absolute Gasteiger partial charge is 0.174 e. The maximum atomic E-state index is 7.11. The zero-order chi connectivity index (χ0) is 32.4. The fourth-order valence-electron chi connectivity index (χ4n) is 8.35. The molecule has 0 fully saturated rings. The van der Waals surface area contributed by atoms with Crippen molar-refractivity contribution in [3.8, 4) is 34.1 Å². The molecule has 0 aromatic heterocycles. The third kappa shape index (κ3) is 3.63. The molecule has 1 aliphatic rings. The van der Waals surface area contributed by atoms with Crippen LogP contribution < -0.4 is 20.9 Å². The molecule has 10 aromatic rings. The van der Waals surface area contributed by atoms with Crippen LogP contribution in [0, 0.1) is 0 Å². The van der Waals surface area contributed by atoms with E-state index in [2.05, 4.69) is 121 Å². The van der Waals surface area contributed by atoms with Gasteiger partial charge < -0.3 is 20.9 Å². The minimum absolute atomic E-state index is 0.677. The lowest BCUT2D eigenvalue weighted by molar-refractivity contribution is 0.421. The summed E-state index contributed by atoms with van der Waals surface area (Å²) in [6.45, 7) is 0. The Morgan fingerprint density at radius 1 is 0.388 bits per heavy atom. The molecule has 4 nitrogen and oxygen atoms in total. The maximum Gasteiger partial charge on any atom is 0.174 e. The maximum absolute atomic E-state index is 7.11. The van der Waals surface area contributed by atoms with Crippen molar-refractivity contribution < 1.29 is 9.47 Å². The Morgan fingerprint density at radius 3 is 1.47 bits per heavy atom. The van der Waals surface area contributed by atoms with Crippen molar-refractivity contribution in [2.45, 2.75) is 6.42 Å². The first-order valence-corrected chi connectivity index (χ1v) is 16.6. The first-order valence-electron chi connectivity index (χ1n) is 16.6. The summed E-state index contributed by atoms with van der Waals surface area (Å²) in [4.78, 5) is 0. The molecule has 0 bridgehead atoms. The average molecular weight is 629 g/mol. The Bertz CT molecular complexity index is 3000. The number of hydrogen-bond acceptors (Lipinski definition) is 4. The molecule has 0 atom stereocenters. The summed E-state index contributed by atoms with van der Waals surface area (Å²) in [7, 11) is 0. The molecule has 0 heterocycles. The van der Waals surface area contributed by atoms with Crippen LogP contribution in [0.15, 0.2) is 133 Å². The highest BCUT2D eigenvalue weighted by Crippen LogP contribution is 2.51. The summed E-state index contributed by atoms with van der Waals surface area (Å²) in [5.74, 6) is 2.97. The predicted octanol–water partition coefficient (Wildman–Crippen LogP) is 11.8. The number of rotatable bonds is 4. The molecule has 0 aliphatic heterocycles. The molecule has 0 saturated heterocycles.